The summed E-state index contributed by atoms with van der Waals surface area (Å²) >= 11 is 1.66. The molecule has 1 fully saturated rings. The molecule has 3 N–H and O–H groups in total. The van der Waals surface area contributed by atoms with Gasteiger partial charge in [0.25, 0.3) is 0 Å². The van der Waals surface area contributed by atoms with Gasteiger partial charge in [-0.05, 0) is 37.0 Å². The summed E-state index contributed by atoms with van der Waals surface area (Å²) in [6, 6.07) is 7.06. The number of hydrogen-bond acceptors (Lipinski definition) is 3. The minimum absolute atomic E-state index is 0.175. The van der Waals surface area contributed by atoms with Gasteiger partial charge in [0, 0.05) is 16.7 Å². The number of rotatable bonds is 5. The van der Waals surface area contributed by atoms with Crippen molar-refractivity contribution in [2.75, 3.05) is 5.75 Å². The van der Waals surface area contributed by atoms with Crippen molar-refractivity contribution in [3.63, 3.8) is 0 Å². The van der Waals surface area contributed by atoms with Crippen LogP contribution >= 0.6 is 11.8 Å². The van der Waals surface area contributed by atoms with Gasteiger partial charge in [0.05, 0.1) is 0 Å². The van der Waals surface area contributed by atoms with E-state index >= 15 is 0 Å². The first-order chi connectivity index (χ1) is 7.79. The molecule has 0 bridgehead atoms. The molecule has 1 aliphatic rings. The topological polar surface area (TPSA) is 38.0 Å². The van der Waals surface area contributed by atoms with E-state index in [0.717, 1.165) is 10.6 Å². The summed E-state index contributed by atoms with van der Waals surface area (Å²) in [5.74, 6) is 6.97. The van der Waals surface area contributed by atoms with Crippen LogP contribution in [0.5, 0.6) is 0 Å². The molecule has 1 aromatic carbocycles. The van der Waals surface area contributed by atoms with Crippen LogP contribution in [-0.4, -0.2) is 11.8 Å². The third-order valence-electron chi connectivity index (χ3n) is 3.16. The molecule has 0 aromatic heterocycles. The average Bonchev–Trinajstić information content (AvgIpc) is 2.21. The Balaban J connectivity index is 1.85. The molecule has 1 unspecified atom stereocenters. The highest BCUT2D eigenvalue weighted by molar-refractivity contribution is 7.99. The van der Waals surface area contributed by atoms with Crippen LogP contribution in [0.1, 0.15) is 19.3 Å². The van der Waals surface area contributed by atoms with E-state index in [1.165, 1.54) is 25.3 Å². The molecule has 0 aliphatic heterocycles. The Bertz CT molecular complexity index is 342. The fourth-order valence-corrected chi connectivity index (χ4v) is 3.02. The standard InChI is InChI=1S/C12H17FN2S/c13-10-5-2-6-11(7-10)16-8-12(15-14)9-3-1-4-9/h2,5-7,9,12,15H,1,3-4,8,14H2. The van der Waals surface area contributed by atoms with Gasteiger partial charge in [0.15, 0.2) is 0 Å². The fraction of sp³-hybridized carbons (Fsp3) is 0.500. The molecule has 0 spiro atoms. The van der Waals surface area contributed by atoms with Gasteiger partial charge in [-0.3, -0.25) is 11.3 Å². The lowest BCUT2D eigenvalue weighted by atomic mass is 9.80. The van der Waals surface area contributed by atoms with Crippen molar-refractivity contribution >= 4 is 11.8 Å². The second-order valence-electron chi connectivity index (χ2n) is 4.23. The zero-order valence-electron chi connectivity index (χ0n) is 9.16. The molecule has 1 saturated carbocycles. The van der Waals surface area contributed by atoms with Crippen molar-refractivity contribution < 1.29 is 4.39 Å². The van der Waals surface area contributed by atoms with Gasteiger partial charge in [0.2, 0.25) is 0 Å². The quantitative estimate of drug-likeness (QED) is 0.472. The zero-order chi connectivity index (χ0) is 11.4. The molecule has 4 heteroatoms. The molecule has 0 amide bonds. The molecular formula is C12H17FN2S. The number of hydrogen-bond donors (Lipinski definition) is 2. The molecule has 0 radical (unpaired) electrons. The molecule has 1 aliphatic carbocycles. The summed E-state index contributed by atoms with van der Waals surface area (Å²) in [6.45, 7) is 0. The van der Waals surface area contributed by atoms with E-state index in [4.69, 9.17) is 5.84 Å². The minimum Gasteiger partial charge on any atom is -0.271 e. The van der Waals surface area contributed by atoms with E-state index in [1.54, 1.807) is 23.9 Å². The Morgan fingerprint density at radius 3 is 2.88 bits per heavy atom. The third-order valence-corrected chi connectivity index (χ3v) is 4.27. The zero-order valence-corrected chi connectivity index (χ0v) is 9.97. The third kappa shape index (κ3) is 2.97. The van der Waals surface area contributed by atoms with Gasteiger partial charge >= 0.3 is 0 Å². The van der Waals surface area contributed by atoms with E-state index in [2.05, 4.69) is 5.43 Å². The van der Waals surface area contributed by atoms with Crippen LogP contribution in [0.3, 0.4) is 0 Å². The van der Waals surface area contributed by atoms with Crippen molar-refractivity contribution in [1.82, 2.24) is 5.43 Å². The molecule has 1 atom stereocenters. The highest BCUT2D eigenvalue weighted by Crippen LogP contribution is 2.32. The number of halogens is 1. The van der Waals surface area contributed by atoms with E-state index in [1.807, 2.05) is 6.07 Å². The fourth-order valence-electron chi connectivity index (χ4n) is 1.91. The van der Waals surface area contributed by atoms with Crippen LogP contribution < -0.4 is 11.3 Å². The Morgan fingerprint density at radius 1 is 1.50 bits per heavy atom. The van der Waals surface area contributed by atoms with Gasteiger partial charge in [0.1, 0.15) is 5.82 Å². The SMILES string of the molecule is NNC(CSc1cccc(F)c1)C1CCC1. The minimum atomic E-state index is -0.175. The number of benzene rings is 1. The normalized spacial score (nSPS) is 18.1. The maximum Gasteiger partial charge on any atom is 0.124 e. The van der Waals surface area contributed by atoms with Crippen LogP contribution in [0, 0.1) is 11.7 Å². The van der Waals surface area contributed by atoms with E-state index in [-0.39, 0.29) is 5.82 Å². The van der Waals surface area contributed by atoms with E-state index < -0.39 is 0 Å². The number of nitrogens with two attached hydrogens (primary N) is 1. The largest absolute Gasteiger partial charge is 0.271 e. The van der Waals surface area contributed by atoms with Crippen LogP contribution in [0.25, 0.3) is 0 Å². The first-order valence-electron chi connectivity index (χ1n) is 5.64. The second kappa shape index (κ2) is 5.66. The van der Waals surface area contributed by atoms with Gasteiger partial charge in [-0.25, -0.2) is 4.39 Å². The van der Waals surface area contributed by atoms with Gasteiger partial charge in [-0.1, -0.05) is 12.5 Å². The second-order valence-corrected chi connectivity index (χ2v) is 5.33. The summed E-state index contributed by atoms with van der Waals surface area (Å²) in [6.07, 6.45) is 3.84. The predicted octanol–water partition coefficient (Wildman–Crippen LogP) is 2.55. The summed E-state index contributed by atoms with van der Waals surface area (Å²) in [7, 11) is 0. The highest BCUT2D eigenvalue weighted by Gasteiger charge is 2.26. The van der Waals surface area contributed by atoms with Crippen molar-refractivity contribution in [3.05, 3.63) is 30.1 Å². The summed E-state index contributed by atoms with van der Waals surface area (Å²) in [5.41, 5.74) is 2.87. The van der Waals surface area contributed by atoms with Crippen molar-refractivity contribution in [2.45, 2.75) is 30.2 Å². The molecular weight excluding hydrogens is 223 g/mol. The average molecular weight is 240 g/mol. The van der Waals surface area contributed by atoms with Gasteiger partial charge < -0.3 is 0 Å². The molecule has 16 heavy (non-hydrogen) atoms. The van der Waals surface area contributed by atoms with E-state index in [9.17, 15) is 4.39 Å². The maximum atomic E-state index is 13.0. The monoisotopic (exact) mass is 240 g/mol. The highest BCUT2D eigenvalue weighted by atomic mass is 32.2. The van der Waals surface area contributed by atoms with Gasteiger partial charge in [-0.15, -0.1) is 11.8 Å². The lowest BCUT2D eigenvalue weighted by Gasteiger charge is -2.33. The number of thioether (sulfide) groups is 1. The first kappa shape index (κ1) is 11.9. The lowest BCUT2D eigenvalue weighted by Crippen LogP contribution is -2.45. The molecule has 88 valence electrons. The summed E-state index contributed by atoms with van der Waals surface area (Å²) in [5, 5.41) is 0. The molecule has 0 heterocycles. The van der Waals surface area contributed by atoms with Gasteiger partial charge in [-0.2, -0.15) is 0 Å². The molecule has 2 rings (SSSR count). The van der Waals surface area contributed by atoms with Crippen molar-refractivity contribution in [3.8, 4) is 0 Å². The first-order valence-corrected chi connectivity index (χ1v) is 6.62. The maximum absolute atomic E-state index is 13.0. The van der Waals surface area contributed by atoms with E-state index in [0.29, 0.717) is 12.0 Å². The Morgan fingerprint density at radius 2 is 2.31 bits per heavy atom. The van der Waals surface area contributed by atoms with Crippen LogP contribution in [0.4, 0.5) is 4.39 Å². The van der Waals surface area contributed by atoms with Crippen LogP contribution in [-0.2, 0) is 0 Å². The number of hydrazine groups is 1. The number of nitrogens with one attached hydrogen (secondary N) is 1. The summed E-state index contributed by atoms with van der Waals surface area (Å²) < 4.78 is 13.0. The Labute approximate surface area is 99.8 Å². The smallest absolute Gasteiger partial charge is 0.124 e. The van der Waals surface area contributed by atoms with Crippen molar-refractivity contribution in [2.24, 2.45) is 11.8 Å². The Hall–Kier alpha value is -0.580. The van der Waals surface area contributed by atoms with Crippen molar-refractivity contribution in [1.29, 1.82) is 0 Å². The molecule has 1 aromatic rings. The molecule has 2 nitrogen and oxygen atoms in total. The predicted molar refractivity (Wildman–Crippen MR) is 65.6 cm³/mol. The molecule has 0 saturated heterocycles. The van der Waals surface area contributed by atoms with Crippen LogP contribution in [0.2, 0.25) is 0 Å². The lowest BCUT2D eigenvalue weighted by molar-refractivity contribution is 0.246. The Kier molecular flexibility index (Phi) is 4.21. The summed E-state index contributed by atoms with van der Waals surface area (Å²) in [4.78, 5) is 0.972. The van der Waals surface area contributed by atoms with Crippen LogP contribution in [0.15, 0.2) is 29.2 Å².